The quantitative estimate of drug-likeness (QED) is 0.761. The van der Waals surface area contributed by atoms with Crippen LogP contribution in [0.2, 0.25) is 0 Å². The number of amidine groups is 1. The molecule has 2 fully saturated rings. The zero-order chi connectivity index (χ0) is 15.4. The van der Waals surface area contributed by atoms with Crippen LogP contribution >= 0.6 is 11.8 Å². The summed E-state index contributed by atoms with van der Waals surface area (Å²) in [5.41, 5.74) is 1.23. The van der Waals surface area contributed by atoms with Crippen LogP contribution in [0.4, 0.5) is 5.69 Å². The number of nitrogens with one attached hydrogen (secondary N) is 2. The van der Waals surface area contributed by atoms with Crippen LogP contribution in [0.5, 0.6) is 0 Å². The van der Waals surface area contributed by atoms with Crippen LogP contribution in [0.3, 0.4) is 0 Å². The van der Waals surface area contributed by atoms with Gasteiger partial charge >= 0.3 is 5.91 Å². The van der Waals surface area contributed by atoms with E-state index < -0.39 is 0 Å². The maximum absolute atomic E-state index is 11.9. The van der Waals surface area contributed by atoms with E-state index in [1.807, 2.05) is 18.2 Å². The van der Waals surface area contributed by atoms with Crippen molar-refractivity contribution in [1.82, 2.24) is 5.32 Å². The predicted octanol–water partition coefficient (Wildman–Crippen LogP) is -0.863. The summed E-state index contributed by atoms with van der Waals surface area (Å²) in [6.07, 6.45) is 0. The topological polar surface area (TPSA) is 66.2 Å². The molecule has 0 unspecified atom stereocenters. The monoisotopic (exact) mass is 319 g/mol. The van der Waals surface area contributed by atoms with E-state index in [2.05, 4.69) is 27.3 Å². The van der Waals surface area contributed by atoms with E-state index in [1.54, 1.807) is 0 Å². The SMILES string of the molecule is O=C(C[NH+]1CCN(c2ccccc2)CC1)N=C1NC(=O)CS1. The lowest BCUT2D eigenvalue weighted by Gasteiger charge is -2.33. The largest absolute Gasteiger partial charge is 0.360 e. The van der Waals surface area contributed by atoms with Crippen LogP contribution in [-0.2, 0) is 9.59 Å². The fourth-order valence-corrected chi connectivity index (χ4v) is 3.34. The van der Waals surface area contributed by atoms with Crippen molar-refractivity contribution in [2.45, 2.75) is 0 Å². The molecule has 2 amide bonds. The second-order valence-corrected chi connectivity index (χ2v) is 6.36. The summed E-state index contributed by atoms with van der Waals surface area (Å²) in [7, 11) is 0. The van der Waals surface area contributed by atoms with Gasteiger partial charge in [0.15, 0.2) is 11.7 Å². The van der Waals surface area contributed by atoms with E-state index >= 15 is 0 Å². The number of carbonyl (C=O) groups is 2. The Bertz CT molecular complexity index is 582. The van der Waals surface area contributed by atoms with E-state index in [0.717, 1.165) is 26.2 Å². The molecule has 0 spiro atoms. The molecule has 2 heterocycles. The molecule has 116 valence electrons. The fourth-order valence-electron chi connectivity index (χ4n) is 2.65. The Balaban J connectivity index is 1.48. The number of quaternary nitrogens is 1. The molecule has 0 saturated carbocycles. The second-order valence-electron chi connectivity index (χ2n) is 5.40. The van der Waals surface area contributed by atoms with Gasteiger partial charge in [0.05, 0.1) is 31.9 Å². The summed E-state index contributed by atoms with van der Waals surface area (Å²) in [6.45, 7) is 4.11. The van der Waals surface area contributed by atoms with Gasteiger partial charge in [0, 0.05) is 5.69 Å². The molecule has 6 nitrogen and oxygen atoms in total. The zero-order valence-electron chi connectivity index (χ0n) is 12.2. The minimum absolute atomic E-state index is 0.0830. The minimum atomic E-state index is -0.159. The number of nitrogens with zero attached hydrogens (tertiary/aromatic N) is 2. The summed E-state index contributed by atoms with van der Waals surface area (Å²) >= 11 is 1.29. The van der Waals surface area contributed by atoms with Gasteiger partial charge in [-0.05, 0) is 12.1 Å². The van der Waals surface area contributed by atoms with E-state index in [4.69, 9.17) is 0 Å². The van der Waals surface area contributed by atoms with Crippen LogP contribution in [0.25, 0.3) is 0 Å². The second kappa shape index (κ2) is 6.93. The van der Waals surface area contributed by atoms with Crippen molar-refractivity contribution in [3.8, 4) is 0 Å². The third kappa shape index (κ3) is 3.86. The highest BCUT2D eigenvalue weighted by atomic mass is 32.2. The molecule has 1 aromatic rings. The van der Waals surface area contributed by atoms with E-state index in [0.29, 0.717) is 17.5 Å². The number of amides is 2. The molecule has 0 aliphatic carbocycles. The van der Waals surface area contributed by atoms with Crippen molar-refractivity contribution in [2.75, 3.05) is 43.4 Å². The van der Waals surface area contributed by atoms with Crippen LogP contribution < -0.4 is 15.1 Å². The zero-order valence-corrected chi connectivity index (χ0v) is 13.1. The number of benzene rings is 1. The number of para-hydroxylation sites is 1. The lowest BCUT2D eigenvalue weighted by atomic mass is 10.2. The van der Waals surface area contributed by atoms with E-state index in [9.17, 15) is 9.59 Å². The Hall–Kier alpha value is -1.86. The van der Waals surface area contributed by atoms with Gasteiger partial charge in [-0.2, -0.15) is 4.99 Å². The molecule has 2 N–H and O–H groups in total. The molecule has 2 aliphatic rings. The molecule has 2 saturated heterocycles. The lowest BCUT2D eigenvalue weighted by molar-refractivity contribution is -0.892. The molecule has 3 rings (SSSR count). The Kier molecular flexibility index (Phi) is 4.74. The first-order chi connectivity index (χ1) is 10.7. The highest BCUT2D eigenvalue weighted by Gasteiger charge is 2.23. The number of aliphatic imine (C=N–C) groups is 1. The number of thioether (sulfide) groups is 1. The highest BCUT2D eigenvalue weighted by Crippen LogP contribution is 2.12. The molecule has 22 heavy (non-hydrogen) atoms. The van der Waals surface area contributed by atoms with Crippen molar-refractivity contribution in [3.05, 3.63) is 30.3 Å². The van der Waals surface area contributed by atoms with Gasteiger partial charge in [0.25, 0.3) is 0 Å². The van der Waals surface area contributed by atoms with Crippen molar-refractivity contribution in [1.29, 1.82) is 0 Å². The van der Waals surface area contributed by atoms with Gasteiger partial charge in [0.2, 0.25) is 5.91 Å². The van der Waals surface area contributed by atoms with E-state index in [-0.39, 0.29) is 11.8 Å². The summed E-state index contributed by atoms with van der Waals surface area (Å²) < 4.78 is 0. The maximum atomic E-state index is 11.9. The molecule has 2 aliphatic heterocycles. The lowest BCUT2D eigenvalue weighted by Crippen LogP contribution is -3.15. The molecule has 0 aromatic heterocycles. The molecule has 1 aromatic carbocycles. The predicted molar refractivity (Wildman–Crippen MR) is 87.3 cm³/mol. The summed E-state index contributed by atoms with van der Waals surface area (Å²) in [5, 5.41) is 3.03. The smallest absolute Gasteiger partial charge is 0.303 e. The molecular weight excluding hydrogens is 300 g/mol. The first-order valence-electron chi connectivity index (χ1n) is 7.38. The first-order valence-corrected chi connectivity index (χ1v) is 8.37. The van der Waals surface area contributed by atoms with Crippen LogP contribution in [0.15, 0.2) is 35.3 Å². The maximum Gasteiger partial charge on any atom is 0.303 e. The van der Waals surface area contributed by atoms with Gasteiger partial charge in [0.1, 0.15) is 0 Å². The van der Waals surface area contributed by atoms with Crippen molar-refractivity contribution in [3.63, 3.8) is 0 Å². The molecule has 0 atom stereocenters. The average molecular weight is 319 g/mol. The van der Waals surface area contributed by atoms with Gasteiger partial charge in [-0.1, -0.05) is 30.0 Å². The summed E-state index contributed by atoms with van der Waals surface area (Å²) in [6, 6.07) is 10.3. The van der Waals surface area contributed by atoms with Crippen molar-refractivity contribution >= 4 is 34.4 Å². The molecule has 0 bridgehead atoms. The normalized spacial score (nSPS) is 21.2. The molecule has 0 radical (unpaired) electrons. The third-order valence-electron chi connectivity index (χ3n) is 3.81. The Labute approximate surface area is 133 Å². The number of hydrogen-bond donors (Lipinski definition) is 2. The molecule has 7 heteroatoms. The van der Waals surface area contributed by atoms with Crippen LogP contribution in [0, 0.1) is 0 Å². The first kappa shape index (κ1) is 15.1. The van der Waals surface area contributed by atoms with Gasteiger partial charge in [-0.25, -0.2) is 0 Å². The number of piperazine rings is 1. The fraction of sp³-hybridized carbons (Fsp3) is 0.400. The minimum Gasteiger partial charge on any atom is -0.360 e. The van der Waals surface area contributed by atoms with Crippen molar-refractivity contribution < 1.29 is 14.5 Å². The van der Waals surface area contributed by atoms with Gasteiger partial charge in [-0.15, -0.1) is 0 Å². The summed E-state index contributed by atoms with van der Waals surface area (Å²) in [4.78, 5) is 30.6. The number of rotatable bonds is 3. The number of anilines is 1. The van der Waals surface area contributed by atoms with Gasteiger partial charge in [-0.3, -0.25) is 9.59 Å². The Morgan fingerprint density at radius 1 is 1.27 bits per heavy atom. The average Bonchev–Trinajstić information content (AvgIpc) is 2.94. The molecular formula is C15H19N4O2S+. The summed E-state index contributed by atoms with van der Waals surface area (Å²) in [5.74, 6) is 0.113. The number of carbonyl (C=O) groups excluding carboxylic acids is 2. The van der Waals surface area contributed by atoms with E-state index in [1.165, 1.54) is 22.3 Å². The van der Waals surface area contributed by atoms with Crippen molar-refractivity contribution in [2.24, 2.45) is 4.99 Å². The van der Waals surface area contributed by atoms with Crippen LogP contribution in [0.1, 0.15) is 0 Å². The Morgan fingerprint density at radius 3 is 2.64 bits per heavy atom. The number of hydrogen-bond acceptors (Lipinski definition) is 4. The standard InChI is InChI=1S/C15H18N4O2S/c20-13(16-15-17-14(21)11-22-15)10-18-6-8-19(9-7-18)12-4-2-1-3-5-12/h1-5H,6-11H2,(H,16,17,20,21)/p+1. The Morgan fingerprint density at radius 2 is 2.00 bits per heavy atom. The van der Waals surface area contributed by atoms with Gasteiger partial charge < -0.3 is 15.1 Å². The third-order valence-corrected chi connectivity index (χ3v) is 4.68. The highest BCUT2D eigenvalue weighted by molar-refractivity contribution is 8.15. The van der Waals surface area contributed by atoms with Crippen LogP contribution in [-0.4, -0.2) is 55.5 Å².